The molecule has 0 spiro atoms. The van der Waals surface area contributed by atoms with E-state index in [4.69, 9.17) is 25.2 Å². The molecule has 14 heterocycles. The number of para-hydroxylation sites is 1. The Morgan fingerprint density at radius 2 is 0.635 bits per heavy atom. The van der Waals surface area contributed by atoms with Gasteiger partial charge in [-0.2, -0.15) is 0 Å². The fourth-order valence-corrected chi connectivity index (χ4v) is 27.6. The van der Waals surface area contributed by atoms with Crippen LogP contribution in [0.2, 0.25) is 0 Å². The summed E-state index contributed by atoms with van der Waals surface area (Å²) in [4.78, 5) is 163. The van der Waals surface area contributed by atoms with Gasteiger partial charge in [-0.25, -0.2) is 0 Å². The minimum absolute atomic E-state index is 0.00733. The van der Waals surface area contributed by atoms with E-state index in [9.17, 15) is 82.4 Å². The van der Waals surface area contributed by atoms with Gasteiger partial charge >= 0.3 is 41.8 Å². The number of carboxylic acid groups (broad SMARTS) is 7. The molecule has 766 valence electrons. The predicted octanol–water partition coefficient (Wildman–Crippen LogP) is 21.0. The number of carbonyl (C=O) groups excluding carboxylic acids is 7. The van der Waals surface area contributed by atoms with Crippen molar-refractivity contribution in [3.8, 4) is 5.75 Å². The fourth-order valence-electron chi connectivity index (χ4n) is 21.5. The average Bonchev–Trinajstić information content (AvgIpc) is 1.59. The molecule has 15 aromatic rings. The number of aromatic nitrogens is 7. The third-order valence-corrected chi connectivity index (χ3v) is 33.7. The molecule has 7 N–H and O–H groups in total. The summed E-state index contributed by atoms with van der Waals surface area (Å²) in [5.74, 6) is 0.147. The fraction of sp³-hybridized carbons (Fsp3) is 0.321. The number of carboxylic acids is 7. The molecule has 148 heavy (non-hydrogen) atoms. The number of aliphatic carboxylic acids is 7. The number of benzene rings is 8. The Morgan fingerprint density at radius 1 is 0.311 bits per heavy atom. The first-order valence-corrected chi connectivity index (χ1v) is 55.6. The highest BCUT2D eigenvalue weighted by atomic mass is 32.2. The second-order valence-corrected chi connectivity index (χ2v) is 45.8. The van der Waals surface area contributed by atoms with Crippen molar-refractivity contribution in [3.63, 3.8) is 0 Å². The normalized spacial score (nSPS) is 15.2. The molecule has 0 bridgehead atoms. The maximum atomic E-state index is 12.4. The monoisotopic (exact) mass is 2130 g/mol. The van der Waals surface area contributed by atoms with E-state index < -0.39 is 41.8 Å². The molecule has 0 radical (unpaired) electrons. The summed E-state index contributed by atoms with van der Waals surface area (Å²) in [5.41, 5.74) is 25.1. The summed E-state index contributed by atoms with van der Waals surface area (Å²) < 4.78 is 16.8. The first kappa shape index (κ1) is 106. The Hall–Kier alpha value is -13.2. The lowest BCUT2D eigenvalue weighted by Gasteiger charge is -2.22. The summed E-state index contributed by atoms with van der Waals surface area (Å²) in [6.07, 6.45) is 12.9. The van der Waals surface area contributed by atoms with Crippen LogP contribution in [0.1, 0.15) is 210 Å². The van der Waals surface area contributed by atoms with Gasteiger partial charge < -0.3 is 72.5 Å². The molecule has 36 heteroatoms. The molecule has 1 saturated carbocycles. The van der Waals surface area contributed by atoms with Crippen molar-refractivity contribution in [2.24, 2.45) is 0 Å². The Kier molecular flexibility index (Phi) is 32.6. The molecule has 0 saturated heterocycles. The van der Waals surface area contributed by atoms with Crippen LogP contribution in [0.15, 0.2) is 158 Å². The smallest absolute Gasteiger partial charge is 0.323 e. The molecule has 8 aromatic carbocycles. The summed E-state index contributed by atoms with van der Waals surface area (Å²) in [6, 6.07) is 51.8. The SMILES string of the molecule is CC(C)(C)c1ccc2c(c1)c1c(n2CC(=O)O)C(=O)SCC1.COc1ccc2c(c1)c1c(n2CC(=O)O)C(=O)SCC1.Cc1cc(C)c2c3c(n(CC(=O)O)c2c1)C(=O)SCC3.Cc1ccc2c(c1)c1c(n2CC(=O)O)C(=O)SCC1.O=C(O)Cn1c2c(c3cc(C4CCCCC4)ccc31)CCSC2=O.O=C(O)Cn1c2c(c3cc(Cc4ccccc4)ccc31)CCSC2=O.O=C(O)Cn1c2c(c3ccccc31)CCSC2=O. The van der Waals surface area contributed by atoms with Crippen LogP contribution in [0.4, 0.5) is 0 Å². The molecule has 29 nitrogen and oxygen atoms in total. The molecular formula is C112H109N7O22S7. The first-order chi connectivity index (χ1) is 70.9. The van der Waals surface area contributed by atoms with Gasteiger partial charge in [0.15, 0.2) is 0 Å². The molecule has 1 aliphatic carbocycles. The first-order valence-electron chi connectivity index (χ1n) is 48.7. The molecule has 23 rings (SSSR count). The minimum atomic E-state index is -0.955. The molecule has 7 aromatic heterocycles. The van der Waals surface area contributed by atoms with Crippen LogP contribution in [0, 0.1) is 20.8 Å². The third-order valence-electron chi connectivity index (χ3n) is 27.7. The molecule has 0 atom stereocenters. The van der Waals surface area contributed by atoms with Gasteiger partial charge in [0.2, 0.25) is 35.8 Å². The zero-order valence-electron chi connectivity index (χ0n) is 82.4. The number of rotatable bonds is 18. The van der Waals surface area contributed by atoms with Crippen LogP contribution >= 0.6 is 82.3 Å². The van der Waals surface area contributed by atoms with Crippen molar-refractivity contribution >= 4 is 236 Å². The van der Waals surface area contributed by atoms with Gasteiger partial charge in [-0.15, -0.1) is 0 Å². The highest BCUT2D eigenvalue weighted by Crippen LogP contribution is 2.45. The number of fused-ring (bicyclic) bond motifs is 21. The number of methoxy groups -OCH3 is 1. The number of nitrogens with zero attached hydrogens (tertiary/aromatic N) is 7. The van der Waals surface area contributed by atoms with Gasteiger partial charge in [-0.1, -0.05) is 207 Å². The molecule has 7 aliphatic heterocycles. The van der Waals surface area contributed by atoms with E-state index >= 15 is 0 Å². The number of thioether (sulfide) groups is 7. The molecule has 1 fully saturated rings. The lowest BCUT2D eigenvalue weighted by molar-refractivity contribution is -0.138. The number of carbonyl (C=O) groups is 14. The maximum Gasteiger partial charge on any atom is 0.323 e. The van der Waals surface area contributed by atoms with Gasteiger partial charge in [-0.05, 0) is 247 Å². The van der Waals surface area contributed by atoms with E-state index in [0.717, 1.165) is 224 Å². The van der Waals surface area contributed by atoms with Gasteiger partial charge in [0.05, 0.1) is 7.11 Å². The van der Waals surface area contributed by atoms with Gasteiger partial charge in [-0.3, -0.25) is 67.1 Å². The zero-order chi connectivity index (χ0) is 105. The van der Waals surface area contributed by atoms with Gasteiger partial charge in [0.25, 0.3) is 0 Å². The van der Waals surface area contributed by atoms with E-state index in [-0.39, 0.29) is 87.0 Å². The van der Waals surface area contributed by atoms with Crippen molar-refractivity contribution in [3.05, 3.63) is 275 Å². The lowest BCUT2D eigenvalue weighted by Crippen LogP contribution is -2.17. The summed E-state index contributed by atoms with van der Waals surface area (Å²) in [7, 11) is 1.59. The van der Waals surface area contributed by atoms with E-state index in [1.54, 1.807) is 45.1 Å². The van der Waals surface area contributed by atoms with Crippen LogP contribution in [-0.4, -0.2) is 193 Å². The van der Waals surface area contributed by atoms with Crippen molar-refractivity contribution in [1.82, 2.24) is 32.0 Å². The highest BCUT2D eigenvalue weighted by molar-refractivity contribution is 8.15. The van der Waals surface area contributed by atoms with Crippen molar-refractivity contribution in [2.75, 3.05) is 47.4 Å². The second kappa shape index (κ2) is 45.5. The van der Waals surface area contributed by atoms with E-state index in [1.807, 2.05) is 130 Å². The maximum absolute atomic E-state index is 12.4. The number of hydrogen-bond donors (Lipinski definition) is 7. The standard InChI is InChI=1S/C20H17NO3S.C19H21NO3S.C17H19NO3S.C15H15NO3S.C14H13NO4S.C14H13NO3S.C13H11NO3S/c22-18(23)12-21-17-7-6-14(10-13-4-2-1-3-5-13)11-16(17)15-8-9-25-20(24)19(15)21;21-17(22)11-20-16-7-6-13(12-4-2-1-3-5-12)10-15(16)14-8-9-24-19(23)18(14)20;1-17(2,3)10-4-5-13-12(8-10)11-6-7-22-16(21)15(11)18(13)9-14(19)20;1-8-5-9(2)13-10-3-4-20-15(19)14(10)16(7-12(17)18)11(13)6-8;1-19-8-2-3-11-10(6-8)9-4-5-20-14(18)13(9)15(11)7-12(16)17;1-8-2-3-11-10(6-8)9-4-5-19-14(18)13(9)15(11)7-12(16)17;15-11(16)7-14-10-4-2-1-3-8(10)9-5-6-18-13(17)12(9)14/h1-7,11H,8-10,12H2,(H,22,23);6-7,10,12H,1-5,8-9,11H2,(H,21,22);4-5,8H,6-7,9H2,1-3H3,(H,19,20);5-6H,3-4,7H2,1-2H3,(H,17,18);2-3,6H,4-5,7H2,1H3,(H,16,17);2-3,6H,4-5,7H2,1H3,(H,16,17);1-4H,5-7H2,(H,15,16). The molecular weight excluding hydrogens is 2020 g/mol. The number of aryl methyl sites for hydroxylation is 10. The van der Waals surface area contributed by atoms with Crippen LogP contribution in [0.25, 0.3) is 76.3 Å². The molecule has 0 amide bonds. The Balaban J connectivity index is 0.000000118. The Bertz CT molecular complexity index is 7990. The summed E-state index contributed by atoms with van der Waals surface area (Å²) >= 11 is 8.89. The Morgan fingerprint density at radius 3 is 1.04 bits per heavy atom. The van der Waals surface area contributed by atoms with E-state index in [1.165, 1.54) is 137 Å². The number of ether oxygens (including phenoxy) is 1. The van der Waals surface area contributed by atoms with Crippen molar-refractivity contribution in [2.45, 2.75) is 182 Å². The lowest BCUT2D eigenvalue weighted by atomic mass is 9.83. The third kappa shape index (κ3) is 22.4. The summed E-state index contributed by atoms with van der Waals surface area (Å²) in [5, 5.41) is 70.9. The van der Waals surface area contributed by atoms with E-state index in [2.05, 4.69) is 63.2 Å². The van der Waals surface area contributed by atoms with Crippen LogP contribution in [-0.2, 0) is 136 Å². The molecule has 0 unspecified atom stereocenters. The molecule has 8 aliphatic rings. The van der Waals surface area contributed by atoms with Crippen molar-refractivity contribution in [1.29, 1.82) is 0 Å². The Labute approximate surface area is 880 Å². The van der Waals surface area contributed by atoms with Gasteiger partial charge in [0, 0.05) is 117 Å². The highest BCUT2D eigenvalue weighted by Gasteiger charge is 2.37. The number of hydrogen-bond acceptors (Lipinski definition) is 22. The van der Waals surface area contributed by atoms with Crippen LogP contribution in [0.5, 0.6) is 5.75 Å². The minimum Gasteiger partial charge on any atom is -0.497 e. The van der Waals surface area contributed by atoms with Crippen LogP contribution in [0.3, 0.4) is 0 Å². The van der Waals surface area contributed by atoms with Gasteiger partial charge in [0.1, 0.15) is 91.4 Å². The second-order valence-electron chi connectivity index (χ2n) is 38.4. The van der Waals surface area contributed by atoms with E-state index in [0.29, 0.717) is 51.5 Å². The summed E-state index contributed by atoms with van der Waals surface area (Å²) in [6.45, 7) is 11.2. The topological polar surface area (TPSA) is 424 Å². The zero-order valence-corrected chi connectivity index (χ0v) is 88.1. The predicted molar refractivity (Wildman–Crippen MR) is 585 cm³/mol. The average molecular weight is 2130 g/mol. The quantitative estimate of drug-likeness (QED) is 0.0419. The largest absolute Gasteiger partial charge is 0.497 e. The van der Waals surface area contributed by atoms with Crippen LogP contribution < -0.4 is 4.74 Å². The van der Waals surface area contributed by atoms with Crippen molar-refractivity contribution < 1.29 is 108 Å².